The maximum Gasteiger partial charge on any atom is 0.261 e. The molecule has 0 aromatic heterocycles. The zero-order valence-electron chi connectivity index (χ0n) is 18.8. The van der Waals surface area contributed by atoms with E-state index >= 15 is 0 Å². The largest absolute Gasteiger partial charge is 0.483 e. The van der Waals surface area contributed by atoms with E-state index in [1.807, 2.05) is 56.3 Å². The van der Waals surface area contributed by atoms with Crippen LogP contribution in [-0.2, 0) is 16.1 Å². The monoisotopic (exact) mass is 486 g/mol. The molecule has 0 saturated carbocycles. The summed E-state index contributed by atoms with van der Waals surface area (Å²) in [5.41, 5.74) is 0.782. The van der Waals surface area contributed by atoms with Crippen molar-refractivity contribution in [3.63, 3.8) is 0 Å². The van der Waals surface area contributed by atoms with Crippen molar-refractivity contribution in [1.82, 2.24) is 10.2 Å². The molecule has 0 unspecified atom stereocenters. The first-order valence-corrected chi connectivity index (χ1v) is 11.8. The average molecular weight is 487 g/mol. The van der Waals surface area contributed by atoms with Crippen LogP contribution in [0.4, 0.5) is 0 Å². The summed E-state index contributed by atoms with van der Waals surface area (Å²) in [6.45, 7) is 4.45. The topological polar surface area (TPSA) is 58.6 Å². The number of benzene rings is 3. The highest BCUT2D eigenvalue weighted by atomic mass is 35.5. The van der Waals surface area contributed by atoms with Crippen molar-refractivity contribution in [1.29, 1.82) is 0 Å². The van der Waals surface area contributed by atoms with Gasteiger partial charge in [-0.05, 0) is 42.0 Å². The van der Waals surface area contributed by atoms with Gasteiger partial charge in [0, 0.05) is 18.5 Å². The predicted octanol–water partition coefficient (Wildman–Crippen LogP) is 5.86. The van der Waals surface area contributed by atoms with Crippen LogP contribution in [0, 0.1) is 0 Å². The number of hydrogen-bond donors (Lipinski definition) is 1. The van der Waals surface area contributed by atoms with Gasteiger partial charge in [-0.2, -0.15) is 0 Å². The number of amides is 2. The highest BCUT2D eigenvalue weighted by Crippen LogP contribution is 2.26. The van der Waals surface area contributed by atoms with Crippen LogP contribution in [0.15, 0.2) is 60.7 Å². The van der Waals surface area contributed by atoms with E-state index in [1.54, 1.807) is 23.1 Å². The molecule has 0 spiro atoms. The Morgan fingerprint density at radius 2 is 1.76 bits per heavy atom. The van der Waals surface area contributed by atoms with Gasteiger partial charge in [0.1, 0.15) is 11.8 Å². The summed E-state index contributed by atoms with van der Waals surface area (Å²) in [5, 5.41) is 5.69. The zero-order valence-corrected chi connectivity index (χ0v) is 20.3. The highest BCUT2D eigenvalue weighted by Gasteiger charge is 2.29. The van der Waals surface area contributed by atoms with Gasteiger partial charge in [0.2, 0.25) is 5.91 Å². The Labute approximate surface area is 204 Å². The number of carbonyl (C=O) groups excluding carboxylic acids is 2. The molecule has 5 nitrogen and oxygen atoms in total. The fraction of sp³-hybridized carbons (Fsp3) is 0.308. The fourth-order valence-electron chi connectivity index (χ4n) is 3.66. The van der Waals surface area contributed by atoms with Crippen LogP contribution in [0.1, 0.15) is 32.3 Å². The van der Waals surface area contributed by atoms with Crippen molar-refractivity contribution in [3.8, 4) is 5.75 Å². The Kier molecular flexibility index (Phi) is 8.98. The first kappa shape index (κ1) is 24.9. The lowest BCUT2D eigenvalue weighted by molar-refractivity contribution is -0.142. The molecule has 3 aromatic rings. The van der Waals surface area contributed by atoms with Crippen LogP contribution in [-0.4, -0.2) is 35.9 Å². The number of nitrogens with one attached hydrogen (secondary N) is 1. The van der Waals surface area contributed by atoms with Crippen molar-refractivity contribution in [2.24, 2.45) is 0 Å². The lowest BCUT2D eigenvalue weighted by Crippen LogP contribution is -2.50. The molecule has 2 amide bonds. The van der Waals surface area contributed by atoms with Gasteiger partial charge < -0.3 is 15.0 Å². The normalized spacial score (nSPS) is 11.8. The van der Waals surface area contributed by atoms with Crippen molar-refractivity contribution in [3.05, 3.63) is 76.3 Å². The third kappa shape index (κ3) is 6.40. The summed E-state index contributed by atoms with van der Waals surface area (Å²) in [4.78, 5) is 27.7. The minimum atomic E-state index is -0.630. The number of nitrogens with zero attached hydrogens (tertiary/aromatic N) is 1. The smallest absolute Gasteiger partial charge is 0.261 e. The number of carbonyl (C=O) groups is 2. The quantitative estimate of drug-likeness (QED) is 0.390. The van der Waals surface area contributed by atoms with E-state index in [2.05, 4.69) is 5.32 Å². The molecule has 174 valence electrons. The van der Waals surface area contributed by atoms with Crippen LogP contribution >= 0.6 is 23.2 Å². The first-order valence-electron chi connectivity index (χ1n) is 11.1. The predicted molar refractivity (Wildman–Crippen MR) is 134 cm³/mol. The minimum absolute atomic E-state index is 0.182. The second-order valence-electron chi connectivity index (χ2n) is 7.75. The average Bonchev–Trinajstić information content (AvgIpc) is 2.83. The Bertz CT molecular complexity index is 1110. The third-order valence-corrected chi connectivity index (χ3v) is 6.11. The van der Waals surface area contributed by atoms with Crippen molar-refractivity contribution in [2.45, 2.75) is 39.3 Å². The second-order valence-corrected chi connectivity index (χ2v) is 8.57. The Morgan fingerprint density at radius 1 is 1.00 bits per heavy atom. The molecule has 0 fully saturated rings. The molecule has 0 saturated heterocycles. The number of hydrogen-bond acceptors (Lipinski definition) is 3. The van der Waals surface area contributed by atoms with Gasteiger partial charge in [0.15, 0.2) is 6.61 Å². The van der Waals surface area contributed by atoms with Gasteiger partial charge in [-0.15, -0.1) is 0 Å². The Balaban J connectivity index is 1.83. The summed E-state index contributed by atoms with van der Waals surface area (Å²) in [5.74, 6) is 0.157. The van der Waals surface area contributed by atoms with Gasteiger partial charge in [-0.3, -0.25) is 9.59 Å². The first-order chi connectivity index (χ1) is 15.9. The SMILES string of the molecule is CCCNC(=O)[C@H](CC)N(Cc1ccc(Cl)c(Cl)c1)C(=O)COc1cccc2ccccc12. The van der Waals surface area contributed by atoms with E-state index in [1.165, 1.54) is 0 Å². The van der Waals surface area contributed by atoms with Crippen LogP contribution in [0.3, 0.4) is 0 Å². The maximum atomic E-state index is 13.3. The molecule has 0 aliphatic heterocycles. The summed E-state index contributed by atoms with van der Waals surface area (Å²) in [6, 6.07) is 18.1. The Morgan fingerprint density at radius 3 is 2.48 bits per heavy atom. The van der Waals surface area contributed by atoms with E-state index in [0.29, 0.717) is 28.8 Å². The van der Waals surface area contributed by atoms with E-state index < -0.39 is 6.04 Å². The second kappa shape index (κ2) is 11.9. The van der Waals surface area contributed by atoms with E-state index in [4.69, 9.17) is 27.9 Å². The molecule has 0 bridgehead atoms. The molecule has 3 aromatic carbocycles. The summed E-state index contributed by atoms with van der Waals surface area (Å²) in [7, 11) is 0. The highest BCUT2D eigenvalue weighted by molar-refractivity contribution is 6.42. The fourth-order valence-corrected chi connectivity index (χ4v) is 3.98. The van der Waals surface area contributed by atoms with Crippen molar-refractivity contribution in [2.75, 3.05) is 13.2 Å². The van der Waals surface area contributed by atoms with Crippen LogP contribution in [0.2, 0.25) is 10.0 Å². The van der Waals surface area contributed by atoms with E-state index in [9.17, 15) is 9.59 Å². The van der Waals surface area contributed by atoms with Crippen LogP contribution in [0.25, 0.3) is 10.8 Å². The lowest BCUT2D eigenvalue weighted by atomic mass is 10.1. The molecule has 1 N–H and O–H groups in total. The van der Waals surface area contributed by atoms with Gasteiger partial charge >= 0.3 is 0 Å². The van der Waals surface area contributed by atoms with Crippen LogP contribution < -0.4 is 10.1 Å². The zero-order chi connectivity index (χ0) is 23.8. The molecule has 0 aliphatic carbocycles. The molecule has 33 heavy (non-hydrogen) atoms. The molecule has 1 atom stereocenters. The number of fused-ring (bicyclic) bond motifs is 1. The number of rotatable bonds is 10. The van der Waals surface area contributed by atoms with E-state index in [-0.39, 0.29) is 25.0 Å². The van der Waals surface area contributed by atoms with Gasteiger partial charge in [0.25, 0.3) is 5.91 Å². The van der Waals surface area contributed by atoms with Crippen molar-refractivity contribution < 1.29 is 14.3 Å². The molecule has 0 radical (unpaired) electrons. The maximum absolute atomic E-state index is 13.3. The summed E-state index contributed by atoms with van der Waals surface area (Å²) < 4.78 is 5.93. The molecular formula is C26H28Cl2N2O3. The number of halogens is 2. The lowest BCUT2D eigenvalue weighted by Gasteiger charge is -2.30. The Hall–Kier alpha value is -2.76. The molecule has 0 aliphatic rings. The van der Waals surface area contributed by atoms with Gasteiger partial charge in [-0.25, -0.2) is 0 Å². The molecule has 0 heterocycles. The van der Waals surface area contributed by atoms with Gasteiger partial charge in [0.05, 0.1) is 10.0 Å². The molecule has 3 rings (SSSR count). The summed E-state index contributed by atoms with van der Waals surface area (Å²) >= 11 is 12.2. The van der Waals surface area contributed by atoms with Crippen molar-refractivity contribution >= 4 is 45.8 Å². The van der Waals surface area contributed by atoms with Gasteiger partial charge in [-0.1, -0.05) is 79.5 Å². The van der Waals surface area contributed by atoms with Crippen LogP contribution in [0.5, 0.6) is 5.75 Å². The molecule has 7 heteroatoms. The standard InChI is InChI=1S/C26H28Cl2N2O3/c1-3-14-29-26(32)23(4-2)30(16-18-12-13-21(27)22(28)15-18)25(31)17-33-24-11-7-9-19-8-5-6-10-20(19)24/h5-13,15,23H,3-4,14,16-17H2,1-2H3,(H,29,32)/t23-/m0/s1. The summed E-state index contributed by atoms with van der Waals surface area (Å²) in [6.07, 6.45) is 1.28. The third-order valence-electron chi connectivity index (χ3n) is 5.37. The number of ether oxygens (including phenoxy) is 1. The van der Waals surface area contributed by atoms with E-state index in [0.717, 1.165) is 22.8 Å². The minimum Gasteiger partial charge on any atom is -0.483 e. The molecular weight excluding hydrogens is 459 g/mol.